The van der Waals surface area contributed by atoms with E-state index in [1.54, 1.807) is 22.8 Å². The number of hydrogen-bond donors (Lipinski definition) is 0. The summed E-state index contributed by atoms with van der Waals surface area (Å²) in [5.41, 5.74) is 0.813. The van der Waals surface area contributed by atoms with Gasteiger partial charge in [0, 0.05) is 32.0 Å². The van der Waals surface area contributed by atoms with Gasteiger partial charge in [0.25, 0.3) is 5.78 Å². The van der Waals surface area contributed by atoms with E-state index in [-0.39, 0.29) is 5.82 Å². The Morgan fingerprint density at radius 3 is 3.00 bits per heavy atom. The van der Waals surface area contributed by atoms with Gasteiger partial charge in [-0.15, -0.1) is 5.10 Å². The number of rotatable bonds is 7. The van der Waals surface area contributed by atoms with Gasteiger partial charge in [0.1, 0.15) is 5.82 Å². The van der Waals surface area contributed by atoms with E-state index in [1.165, 1.54) is 12.8 Å². The standard InChI is InChI=1S/C21H27FN6/c1-26(16-20-24-21-23-10-5-12-28(21)25-20)14-17-6-4-11-27(15-17)13-9-18-7-2-3-8-19(18)22/h2-3,5,7-8,10,12,17H,4,6,9,11,13-16H2,1H3/t17-/m0/s1. The van der Waals surface area contributed by atoms with Crippen molar-refractivity contribution in [3.05, 3.63) is 59.9 Å². The molecule has 0 N–H and O–H groups in total. The molecule has 1 aliphatic heterocycles. The Labute approximate surface area is 165 Å². The third-order valence-electron chi connectivity index (χ3n) is 5.40. The summed E-state index contributed by atoms with van der Waals surface area (Å²) in [6.07, 6.45) is 6.81. The van der Waals surface area contributed by atoms with Crippen molar-refractivity contribution in [2.45, 2.75) is 25.8 Å². The minimum Gasteiger partial charge on any atom is -0.303 e. The van der Waals surface area contributed by atoms with Gasteiger partial charge in [0.2, 0.25) is 0 Å². The molecule has 0 saturated carbocycles. The normalized spacial score (nSPS) is 18.2. The van der Waals surface area contributed by atoms with Crippen LogP contribution in [0.2, 0.25) is 0 Å². The van der Waals surface area contributed by atoms with Gasteiger partial charge in [-0.1, -0.05) is 18.2 Å². The second-order valence-electron chi connectivity index (χ2n) is 7.74. The molecule has 1 aromatic carbocycles. The molecule has 1 atom stereocenters. The highest BCUT2D eigenvalue weighted by molar-refractivity contribution is 5.24. The van der Waals surface area contributed by atoms with Gasteiger partial charge >= 0.3 is 0 Å². The number of halogens is 1. The summed E-state index contributed by atoms with van der Waals surface area (Å²) < 4.78 is 15.5. The van der Waals surface area contributed by atoms with E-state index in [2.05, 4.69) is 31.9 Å². The second-order valence-corrected chi connectivity index (χ2v) is 7.74. The Bertz CT molecular complexity index is 878. The van der Waals surface area contributed by atoms with Crippen molar-refractivity contribution in [3.63, 3.8) is 0 Å². The molecule has 28 heavy (non-hydrogen) atoms. The fourth-order valence-corrected chi connectivity index (χ4v) is 4.07. The Morgan fingerprint density at radius 1 is 1.25 bits per heavy atom. The maximum absolute atomic E-state index is 13.8. The highest BCUT2D eigenvalue weighted by atomic mass is 19.1. The van der Waals surface area contributed by atoms with Crippen LogP contribution in [0.25, 0.3) is 5.78 Å². The lowest BCUT2D eigenvalue weighted by atomic mass is 9.97. The summed E-state index contributed by atoms with van der Waals surface area (Å²) >= 11 is 0. The van der Waals surface area contributed by atoms with Gasteiger partial charge < -0.3 is 4.90 Å². The first kappa shape index (κ1) is 19.0. The molecule has 0 spiro atoms. The minimum absolute atomic E-state index is 0.0924. The van der Waals surface area contributed by atoms with Crippen LogP contribution in [0.15, 0.2) is 42.7 Å². The number of piperidine rings is 1. The third kappa shape index (κ3) is 4.72. The number of fused-ring (bicyclic) bond motifs is 1. The van der Waals surface area contributed by atoms with Crippen molar-refractivity contribution in [3.8, 4) is 0 Å². The average Bonchev–Trinajstić information content (AvgIpc) is 3.09. The van der Waals surface area contributed by atoms with Crippen LogP contribution in [0.1, 0.15) is 24.2 Å². The Hall–Kier alpha value is -2.38. The third-order valence-corrected chi connectivity index (χ3v) is 5.40. The van der Waals surface area contributed by atoms with Gasteiger partial charge in [0.05, 0.1) is 6.54 Å². The summed E-state index contributed by atoms with van der Waals surface area (Å²) in [7, 11) is 2.12. The predicted molar refractivity (Wildman–Crippen MR) is 106 cm³/mol. The molecular weight excluding hydrogens is 355 g/mol. The number of nitrogens with zero attached hydrogens (tertiary/aromatic N) is 6. The van der Waals surface area contributed by atoms with Crippen LogP contribution in [0, 0.1) is 11.7 Å². The number of hydrogen-bond acceptors (Lipinski definition) is 5. The summed E-state index contributed by atoms with van der Waals surface area (Å²) in [5.74, 6) is 1.97. The van der Waals surface area contributed by atoms with Gasteiger partial charge in [-0.3, -0.25) is 4.90 Å². The molecule has 0 bridgehead atoms. The largest absolute Gasteiger partial charge is 0.303 e. The van der Waals surface area contributed by atoms with Gasteiger partial charge in [-0.25, -0.2) is 13.9 Å². The lowest BCUT2D eigenvalue weighted by Crippen LogP contribution is -2.41. The van der Waals surface area contributed by atoms with E-state index in [1.807, 2.05) is 24.4 Å². The fraction of sp³-hybridized carbons (Fsp3) is 0.476. The molecule has 3 heterocycles. The molecule has 1 aliphatic rings. The van der Waals surface area contributed by atoms with E-state index in [9.17, 15) is 4.39 Å². The summed E-state index contributed by atoms with van der Waals surface area (Å²) in [4.78, 5) is 13.5. The molecule has 0 aliphatic carbocycles. The van der Waals surface area contributed by atoms with E-state index in [0.717, 1.165) is 50.5 Å². The van der Waals surface area contributed by atoms with Crippen molar-refractivity contribution >= 4 is 5.78 Å². The SMILES string of the molecule is CN(Cc1nc2ncccn2n1)C[C@@H]1CCCN(CCc2ccccc2F)C1. The highest BCUT2D eigenvalue weighted by Gasteiger charge is 2.21. The minimum atomic E-state index is -0.0924. The van der Waals surface area contributed by atoms with Crippen molar-refractivity contribution in [2.24, 2.45) is 5.92 Å². The molecule has 1 saturated heterocycles. The molecule has 4 rings (SSSR count). The second kappa shape index (κ2) is 8.75. The molecule has 6 nitrogen and oxygen atoms in total. The zero-order chi connectivity index (χ0) is 19.3. The van der Waals surface area contributed by atoms with Crippen molar-refractivity contribution in [2.75, 3.05) is 33.2 Å². The lowest BCUT2D eigenvalue weighted by molar-refractivity contribution is 0.141. The zero-order valence-corrected chi connectivity index (χ0v) is 16.3. The lowest BCUT2D eigenvalue weighted by Gasteiger charge is -2.34. The van der Waals surface area contributed by atoms with E-state index >= 15 is 0 Å². The first-order valence-corrected chi connectivity index (χ1v) is 9.98. The molecule has 7 heteroatoms. The molecule has 0 radical (unpaired) electrons. The van der Waals surface area contributed by atoms with Crippen LogP contribution in [0.5, 0.6) is 0 Å². The average molecular weight is 382 g/mol. The summed E-state index contributed by atoms with van der Waals surface area (Å²) in [5, 5.41) is 4.49. The van der Waals surface area contributed by atoms with E-state index in [4.69, 9.17) is 0 Å². The molecule has 0 amide bonds. The first-order chi connectivity index (χ1) is 13.7. The molecule has 1 fully saturated rings. The summed E-state index contributed by atoms with van der Waals surface area (Å²) in [6, 6.07) is 8.95. The highest BCUT2D eigenvalue weighted by Crippen LogP contribution is 2.19. The summed E-state index contributed by atoms with van der Waals surface area (Å²) in [6.45, 7) is 4.82. The molecular formula is C21H27FN6. The maximum Gasteiger partial charge on any atom is 0.252 e. The molecule has 3 aromatic rings. The number of likely N-dealkylation sites (tertiary alicyclic amines) is 1. The Morgan fingerprint density at radius 2 is 2.14 bits per heavy atom. The van der Waals surface area contributed by atoms with E-state index < -0.39 is 0 Å². The fourth-order valence-electron chi connectivity index (χ4n) is 4.07. The van der Waals surface area contributed by atoms with Gasteiger partial charge in [-0.2, -0.15) is 4.98 Å². The van der Waals surface area contributed by atoms with Crippen LogP contribution in [0.4, 0.5) is 4.39 Å². The smallest absolute Gasteiger partial charge is 0.252 e. The quantitative estimate of drug-likeness (QED) is 0.629. The monoisotopic (exact) mass is 382 g/mol. The van der Waals surface area contributed by atoms with Crippen molar-refractivity contribution in [1.29, 1.82) is 0 Å². The molecule has 2 aromatic heterocycles. The zero-order valence-electron chi connectivity index (χ0n) is 16.3. The van der Waals surface area contributed by atoms with Crippen LogP contribution < -0.4 is 0 Å². The van der Waals surface area contributed by atoms with Crippen molar-refractivity contribution in [1.82, 2.24) is 29.4 Å². The van der Waals surface area contributed by atoms with Gasteiger partial charge in [0.15, 0.2) is 5.82 Å². The van der Waals surface area contributed by atoms with Crippen molar-refractivity contribution < 1.29 is 4.39 Å². The van der Waals surface area contributed by atoms with Gasteiger partial charge in [-0.05, 0) is 56.5 Å². The van der Waals surface area contributed by atoms with Crippen LogP contribution >= 0.6 is 0 Å². The Balaban J connectivity index is 1.27. The molecule has 0 unspecified atom stereocenters. The number of benzene rings is 1. The maximum atomic E-state index is 13.8. The Kier molecular flexibility index (Phi) is 5.92. The number of aromatic nitrogens is 4. The van der Waals surface area contributed by atoms with Crippen LogP contribution in [-0.2, 0) is 13.0 Å². The molecule has 148 valence electrons. The van der Waals surface area contributed by atoms with Crippen LogP contribution in [0.3, 0.4) is 0 Å². The van der Waals surface area contributed by atoms with Crippen LogP contribution in [-0.4, -0.2) is 62.6 Å². The topological polar surface area (TPSA) is 49.6 Å². The first-order valence-electron chi connectivity index (χ1n) is 9.98. The predicted octanol–water partition coefficient (Wildman–Crippen LogP) is 2.65. The van der Waals surface area contributed by atoms with E-state index in [0.29, 0.717) is 11.7 Å².